The van der Waals surface area contributed by atoms with Crippen LogP contribution in [0, 0.1) is 5.92 Å². The van der Waals surface area contributed by atoms with Crippen LogP contribution in [0.1, 0.15) is 49.4 Å². The van der Waals surface area contributed by atoms with Gasteiger partial charge in [0.05, 0.1) is 17.8 Å². The normalized spacial score (nSPS) is 21.3. The second kappa shape index (κ2) is 6.69. The smallest absolute Gasteiger partial charge is 0.257 e. The molecule has 4 nitrogen and oxygen atoms in total. The van der Waals surface area contributed by atoms with E-state index in [1.807, 2.05) is 36.1 Å². The van der Waals surface area contributed by atoms with Crippen LogP contribution in [0.15, 0.2) is 24.3 Å². The molecule has 1 atom stereocenters. The number of piperidine rings is 1. The molecule has 3 rings (SSSR count). The lowest BCUT2D eigenvalue weighted by Gasteiger charge is -2.34. The molecule has 1 unspecified atom stereocenters. The highest BCUT2D eigenvalue weighted by Gasteiger charge is 2.28. The predicted octanol–water partition coefficient (Wildman–Crippen LogP) is 2.85. The molecule has 0 spiro atoms. The van der Waals surface area contributed by atoms with Crippen LogP contribution in [0.4, 0.5) is 0 Å². The number of hydrogen-bond acceptors (Lipinski definition) is 3. The van der Waals surface area contributed by atoms with Crippen LogP contribution >= 0.6 is 0 Å². The van der Waals surface area contributed by atoms with Crippen molar-refractivity contribution in [2.45, 2.75) is 51.2 Å². The number of rotatable bonds is 4. The highest BCUT2D eigenvalue weighted by atomic mass is 16.5. The van der Waals surface area contributed by atoms with E-state index in [0.717, 1.165) is 31.4 Å². The Morgan fingerprint density at radius 2 is 1.91 bits per heavy atom. The number of likely N-dealkylation sites (tertiary alicyclic amines) is 1. The van der Waals surface area contributed by atoms with E-state index >= 15 is 0 Å². The van der Waals surface area contributed by atoms with Gasteiger partial charge < -0.3 is 14.7 Å². The molecule has 0 radical (unpaired) electrons. The van der Waals surface area contributed by atoms with Gasteiger partial charge in [-0.1, -0.05) is 12.1 Å². The number of para-hydroxylation sites is 1. The van der Waals surface area contributed by atoms with Gasteiger partial charge in [-0.05, 0) is 57.1 Å². The van der Waals surface area contributed by atoms with Crippen molar-refractivity contribution in [3.8, 4) is 5.75 Å². The van der Waals surface area contributed by atoms with Crippen molar-refractivity contribution in [3.63, 3.8) is 0 Å². The van der Waals surface area contributed by atoms with Gasteiger partial charge >= 0.3 is 0 Å². The van der Waals surface area contributed by atoms with Gasteiger partial charge in [-0.2, -0.15) is 0 Å². The molecule has 0 aromatic heterocycles. The fraction of sp³-hybridized carbons (Fsp3) is 0.611. The summed E-state index contributed by atoms with van der Waals surface area (Å²) in [5.41, 5.74) is 0.671. The highest BCUT2D eigenvalue weighted by molar-refractivity contribution is 5.97. The second-order valence-corrected chi connectivity index (χ2v) is 6.54. The Labute approximate surface area is 132 Å². The summed E-state index contributed by atoms with van der Waals surface area (Å²) < 4.78 is 5.97. The number of nitrogens with zero attached hydrogens (tertiary/aromatic N) is 1. The lowest BCUT2D eigenvalue weighted by Crippen LogP contribution is -2.41. The zero-order valence-corrected chi connectivity index (χ0v) is 13.2. The van der Waals surface area contributed by atoms with Crippen molar-refractivity contribution in [1.29, 1.82) is 0 Å². The van der Waals surface area contributed by atoms with Crippen molar-refractivity contribution in [2.75, 3.05) is 13.1 Å². The lowest BCUT2D eigenvalue weighted by atomic mass is 9.92. The molecular formula is C18H25NO3. The molecule has 1 saturated carbocycles. The van der Waals surface area contributed by atoms with E-state index in [-0.39, 0.29) is 18.1 Å². The van der Waals surface area contributed by atoms with E-state index in [2.05, 4.69) is 0 Å². The van der Waals surface area contributed by atoms with E-state index < -0.39 is 0 Å². The summed E-state index contributed by atoms with van der Waals surface area (Å²) in [4.78, 5) is 14.7. The quantitative estimate of drug-likeness (QED) is 0.930. The Balaban J connectivity index is 1.67. The van der Waals surface area contributed by atoms with Gasteiger partial charge in [0.1, 0.15) is 5.75 Å². The summed E-state index contributed by atoms with van der Waals surface area (Å²) in [6.07, 6.45) is 5.11. The van der Waals surface area contributed by atoms with Crippen molar-refractivity contribution < 1.29 is 14.6 Å². The highest BCUT2D eigenvalue weighted by Crippen LogP contribution is 2.29. The van der Waals surface area contributed by atoms with E-state index in [9.17, 15) is 9.90 Å². The summed E-state index contributed by atoms with van der Waals surface area (Å²) in [6, 6.07) is 7.57. The van der Waals surface area contributed by atoms with Gasteiger partial charge in [-0.25, -0.2) is 0 Å². The van der Waals surface area contributed by atoms with Crippen LogP contribution in [0.3, 0.4) is 0 Å². The third-order valence-electron chi connectivity index (χ3n) is 4.97. The molecule has 4 heteroatoms. The summed E-state index contributed by atoms with van der Waals surface area (Å²) >= 11 is 0. The topological polar surface area (TPSA) is 49.8 Å². The van der Waals surface area contributed by atoms with E-state index in [1.165, 1.54) is 6.42 Å². The van der Waals surface area contributed by atoms with Crippen LogP contribution in [0.2, 0.25) is 0 Å². The minimum Gasteiger partial charge on any atom is -0.490 e. The van der Waals surface area contributed by atoms with Crippen LogP contribution in [-0.4, -0.2) is 41.2 Å². The first kappa shape index (κ1) is 15.3. The van der Waals surface area contributed by atoms with Gasteiger partial charge in [0, 0.05) is 13.1 Å². The van der Waals surface area contributed by atoms with Gasteiger partial charge in [-0.15, -0.1) is 0 Å². The zero-order chi connectivity index (χ0) is 15.5. The summed E-state index contributed by atoms with van der Waals surface area (Å²) in [6.45, 7) is 3.27. The number of carbonyl (C=O) groups excluding carboxylic acids is 1. The van der Waals surface area contributed by atoms with Gasteiger partial charge in [0.15, 0.2) is 0 Å². The Morgan fingerprint density at radius 1 is 1.23 bits per heavy atom. The van der Waals surface area contributed by atoms with Gasteiger partial charge in [-0.3, -0.25) is 4.79 Å². The largest absolute Gasteiger partial charge is 0.490 e. The lowest BCUT2D eigenvalue weighted by molar-refractivity contribution is 0.0512. The number of carbonyl (C=O) groups is 1. The molecule has 1 aliphatic heterocycles. The number of ether oxygens (including phenoxy) is 1. The molecule has 1 aromatic carbocycles. The molecule has 1 saturated heterocycles. The molecule has 120 valence electrons. The Morgan fingerprint density at radius 3 is 2.50 bits per heavy atom. The van der Waals surface area contributed by atoms with Crippen molar-refractivity contribution in [1.82, 2.24) is 4.90 Å². The summed E-state index contributed by atoms with van der Waals surface area (Å²) in [5, 5.41) is 9.67. The number of aliphatic hydroxyl groups excluding tert-OH is 1. The SMILES string of the molecule is CC(O)C1CCN(C(=O)c2ccccc2OC2CCC2)CC1. The third kappa shape index (κ3) is 3.27. The Bertz CT molecular complexity index is 517. The van der Waals surface area contributed by atoms with Crippen LogP contribution in [-0.2, 0) is 0 Å². The first-order chi connectivity index (χ1) is 10.6. The average Bonchev–Trinajstić information content (AvgIpc) is 2.51. The summed E-state index contributed by atoms with van der Waals surface area (Å²) in [5.74, 6) is 1.08. The molecule has 1 amide bonds. The van der Waals surface area contributed by atoms with Gasteiger partial charge in [0.2, 0.25) is 0 Å². The molecular weight excluding hydrogens is 278 g/mol. The van der Waals surface area contributed by atoms with Crippen molar-refractivity contribution >= 4 is 5.91 Å². The molecule has 2 fully saturated rings. The maximum atomic E-state index is 12.8. The fourth-order valence-electron chi connectivity index (χ4n) is 3.17. The predicted molar refractivity (Wildman–Crippen MR) is 85.0 cm³/mol. The zero-order valence-electron chi connectivity index (χ0n) is 13.2. The maximum Gasteiger partial charge on any atom is 0.257 e. The molecule has 22 heavy (non-hydrogen) atoms. The minimum absolute atomic E-state index is 0.0546. The Hall–Kier alpha value is -1.55. The van der Waals surface area contributed by atoms with Crippen LogP contribution in [0.5, 0.6) is 5.75 Å². The van der Waals surface area contributed by atoms with Crippen LogP contribution in [0.25, 0.3) is 0 Å². The molecule has 1 heterocycles. The first-order valence-corrected chi connectivity index (χ1v) is 8.38. The summed E-state index contributed by atoms with van der Waals surface area (Å²) in [7, 11) is 0. The number of benzene rings is 1. The molecule has 2 aliphatic rings. The monoisotopic (exact) mass is 303 g/mol. The molecule has 1 N–H and O–H groups in total. The van der Waals surface area contributed by atoms with E-state index in [1.54, 1.807) is 0 Å². The standard InChI is InChI=1S/C18H25NO3/c1-13(20)14-9-11-19(12-10-14)18(21)16-7-2-3-8-17(16)22-15-5-4-6-15/h2-3,7-8,13-15,20H,4-6,9-12H2,1H3. The van der Waals surface area contributed by atoms with Gasteiger partial charge in [0.25, 0.3) is 5.91 Å². The van der Waals surface area contributed by atoms with E-state index in [4.69, 9.17) is 4.74 Å². The molecule has 1 aliphatic carbocycles. The number of hydrogen-bond donors (Lipinski definition) is 1. The maximum absolute atomic E-state index is 12.8. The molecule has 0 bridgehead atoms. The third-order valence-corrected chi connectivity index (χ3v) is 4.97. The van der Waals surface area contributed by atoms with Crippen LogP contribution < -0.4 is 4.74 Å². The average molecular weight is 303 g/mol. The first-order valence-electron chi connectivity index (χ1n) is 8.38. The number of amides is 1. The van der Waals surface area contributed by atoms with E-state index in [0.29, 0.717) is 24.6 Å². The Kier molecular flexibility index (Phi) is 4.67. The second-order valence-electron chi connectivity index (χ2n) is 6.54. The van der Waals surface area contributed by atoms with Crippen molar-refractivity contribution in [3.05, 3.63) is 29.8 Å². The number of aliphatic hydroxyl groups is 1. The molecule has 1 aromatic rings. The van der Waals surface area contributed by atoms with Crippen molar-refractivity contribution in [2.24, 2.45) is 5.92 Å². The fourth-order valence-corrected chi connectivity index (χ4v) is 3.17. The minimum atomic E-state index is -0.286.